The molecular weight excluding hydrogens is 655 g/mol. The van der Waals surface area contributed by atoms with Crippen LogP contribution in [-0.4, -0.2) is 64.1 Å². The van der Waals surface area contributed by atoms with E-state index >= 15 is 8.78 Å². The van der Waals surface area contributed by atoms with E-state index in [0.717, 1.165) is 28.4 Å². The SMILES string of the molecule is CCCc1cccc(OP(=S)(/N=C(\C)C(=O)OC(C)C)OC[C@@]2(C(F)F)O[C@@H](n3cnc4c3NC(N)NC4=O)CC2(F)F)c1CC. The lowest BCUT2D eigenvalue weighted by Gasteiger charge is -2.34. The van der Waals surface area contributed by atoms with Crippen molar-refractivity contribution in [1.29, 1.82) is 0 Å². The highest BCUT2D eigenvalue weighted by Crippen LogP contribution is 2.57. The first kappa shape index (κ1) is 35.7. The number of nitrogens with zero attached hydrogens (tertiary/aromatic N) is 3. The number of halogens is 4. The first-order chi connectivity index (χ1) is 21.6. The van der Waals surface area contributed by atoms with Crippen molar-refractivity contribution in [2.75, 3.05) is 11.9 Å². The van der Waals surface area contributed by atoms with Crippen LogP contribution in [0, 0.1) is 0 Å². The number of aryl methyl sites for hydroxylation is 1. The van der Waals surface area contributed by atoms with Crippen LogP contribution in [0.25, 0.3) is 0 Å². The topological polar surface area (TPSA) is 151 Å². The largest absolute Gasteiger partial charge is 0.458 e. The summed E-state index contributed by atoms with van der Waals surface area (Å²) in [6.45, 7) is 2.68. The Kier molecular flexibility index (Phi) is 10.8. The van der Waals surface area contributed by atoms with Crippen LogP contribution in [0.2, 0.25) is 0 Å². The van der Waals surface area contributed by atoms with Crippen LogP contribution in [0.4, 0.5) is 23.4 Å². The average Bonchev–Trinajstić information content (AvgIpc) is 3.50. The van der Waals surface area contributed by atoms with Crippen molar-refractivity contribution in [2.45, 2.75) is 96.9 Å². The maximum Gasteiger partial charge on any atom is 0.361 e. The van der Waals surface area contributed by atoms with Gasteiger partial charge < -0.3 is 24.6 Å². The van der Waals surface area contributed by atoms with E-state index in [0.29, 0.717) is 12.8 Å². The molecule has 46 heavy (non-hydrogen) atoms. The molecule has 1 aromatic carbocycles. The molecule has 2 unspecified atom stereocenters. The number of amides is 1. The standard InChI is InChI=1S/C28H37F4N6O6PS/c1-6-9-17-10-8-11-19(18(17)7-2)44-45(46,37-16(5)24(40)42-15(3)4)41-13-27(25(29)30)28(31,32)12-20(43-27)38-14-34-21-22(38)35-26(33)36-23(21)39/h8,10-11,14-15,20,25-26,35H,6-7,9,12-13,33H2,1-5H3,(H,36,39)/b37-16+/t20-,26?,27+,45?/m1/s1. The number of anilines is 1. The van der Waals surface area contributed by atoms with E-state index in [2.05, 4.69) is 20.4 Å². The zero-order valence-electron chi connectivity index (χ0n) is 25.9. The molecule has 2 aliphatic rings. The van der Waals surface area contributed by atoms with Gasteiger partial charge in [0, 0.05) is 11.8 Å². The number of aromatic nitrogens is 2. The molecule has 18 heteroatoms. The van der Waals surface area contributed by atoms with Gasteiger partial charge in [0.2, 0.25) is 5.60 Å². The molecule has 254 valence electrons. The Balaban J connectivity index is 1.71. The van der Waals surface area contributed by atoms with Gasteiger partial charge in [0.05, 0.1) is 25.5 Å². The second-order valence-electron chi connectivity index (χ2n) is 11.1. The van der Waals surface area contributed by atoms with Gasteiger partial charge in [0.1, 0.15) is 23.5 Å². The van der Waals surface area contributed by atoms with Crippen molar-refractivity contribution >= 4 is 41.9 Å². The smallest absolute Gasteiger partial charge is 0.361 e. The summed E-state index contributed by atoms with van der Waals surface area (Å²) >= 11 is 5.61. The lowest BCUT2D eigenvalue weighted by atomic mass is 9.97. The van der Waals surface area contributed by atoms with Crippen molar-refractivity contribution in [1.82, 2.24) is 14.9 Å². The van der Waals surface area contributed by atoms with Crippen LogP contribution < -0.4 is 20.9 Å². The number of hydrogen-bond acceptors (Lipinski definition) is 10. The predicted octanol–water partition coefficient (Wildman–Crippen LogP) is 5.09. The summed E-state index contributed by atoms with van der Waals surface area (Å²) in [6.07, 6.45) is -5.32. The Bertz CT molecular complexity index is 1540. The fourth-order valence-electron chi connectivity index (χ4n) is 5.12. The maximum atomic E-state index is 15.7. The van der Waals surface area contributed by atoms with Gasteiger partial charge in [0.25, 0.3) is 18.3 Å². The average molecular weight is 693 g/mol. The second-order valence-corrected chi connectivity index (χ2v) is 14.0. The van der Waals surface area contributed by atoms with Crippen LogP contribution in [0.3, 0.4) is 0 Å². The fourth-order valence-corrected chi connectivity index (χ4v) is 7.26. The number of alkyl halides is 4. The molecule has 2 aliphatic heterocycles. The van der Waals surface area contributed by atoms with Gasteiger partial charge in [-0.25, -0.2) is 27.3 Å². The number of carbonyl (C=O) groups is 2. The molecule has 1 aromatic heterocycles. The van der Waals surface area contributed by atoms with Crippen molar-refractivity contribution in [3.63, 3.8) is 0 Å². The monoisotopic (exact) mass is 692 g/mol. The molecule has 4 atom stereocenters. The van der Waals surface area contributed by atoms with Crippen LogP contribution >= 0.6 is 6.64 Å². The molecule has 4 N–H and O–H groups in total. The lowest BCUT2D eigenvalue weighted by Crippen LogP contribution is -2.54. The number of carbonyl (C=O) groups excluding carboxylic acids is 2. The minimum absolute atomic E-state index is 0.0839. The van der Waals surface area contributed by atoms with Crippen LogP contribution in [0.15, 0.2) is 29.3 Å². The molecule has 1 amide bonds. The van der Waals surface area contributed by atoms with Crippen molar-refractivity contribution in [2.24, 2.45) is 10.5 Å². The molecule has 2 aromatic rings. The third kappa shape index (κ3) is 7.23. The Hall–Kier alpha value is -3.11. The molecule has 4 rings (SSSR count). The Labute approximate surface area is 268 Å². The van der Waals surface area contributed by atoms with Crippen LogP contribution in [0.5, 0.6) is 5.75 Å². The molecule has 12 nitrogen and oxygen atoms in total. The van der Waals surface area contributed by atoms with E-state index in [1.807, 2.05) is 19.9 Å². The summed E-state index contributed by atoms with van der Waals surface area (Å²) < 4.78 is 88.4. The number of fused-ring (bicyclic) bond motifs is 1. The number of nitrogens with two attached hydrogens (primary N) is 1. The molecule has 1 fully saturated rings. The molecule has 0 radical (unpaired) electrons. The molecule has 1 saturated heterocycles. The third-order valence-electron chi connectivity index (χ3n) is 7.32. The Morgan fingerprint density at radius 3 is 2.65 bits per heavy atom. The Morgan fingerprint density at radius 1 is 1.30 bits per heavy atom. The number of benzene rings is 1. The highest BCUT2D eigenvalue weighted by molar-refractivity contribution is 8.09. The molecule has 0 saturated carbocycles. The maximum absolute atomic E-state index is 15.7. The predicted molar refractivity (Wildman–Crippen MR) is 165 cm³/mol. The normalized spacial score (nSPS) is 23.9. The molecular formula is C28H37F4N6O6PS. The molecule has 0 bridgehead atoms. The zero-order chi connectivity index (χ0) is 34.0. The highest BCUT2D eigenvalue weighted by atomic mass is 32.5. The number of ether oxygens (including phenoxy) is 2. The van der Waals surface area contributed by atoms with Gasteiger partial charge in [-0.3, -0.25) is 19.6 Å². The van der Waals surface area contributed by atoms with E-state index in [4.69, 9.17) is 36.1 Å². The Morgan fingerprint density at radius 2 is 2.02 bits per heavy atom. The van der Waals surface area contributed by atoms with E-state index in [1.165, 1.54) is 6.92 Å². The summed E-state index contributed by atoms with van der Waals surface area (Å²) in [6, 6.07) is 5.18. The van der Waals surface area contributed by atoms with Gasteiger partial charge in [-0.15, -0.1) is 0 Å². The highest BCUT2D eigenvalue weighted by Gasteiger charge is 2.69. The summed E-state index contributed by atoms with van der Waals surface area (Å²) in [5, 5.41) is 5.02. The molecule has 0 aliphatic carbocycles. The zero-order valence-corrected chi connectivity index (χ0v) is 27.6. The number of nitrogens with one attached hydrogen (secondary N) is 2. The number of hydrogen-bond donors (Lipinski definition) is 3. The minimum atomic E-state index is -4.21. The van der Waals surface area contributed by atoms with E-state index in [9.17, 15) is 18.4 Å². The summed E-state index contributed by atoms with van der Waals surface area (Å²) in [5.41, 5.74) is 3.41. The summed E-state index contributed by atoms with van der Waals surface area (Å²) in [5.74, 6) is -5.62. The third-order valence-corrected chi connectivity index (χ3v) is 9.53. The molecule has 3 heterocycles. The van der Waals surface area contributed by atoms with Gasteiger partial charge >= 0.3 is 12.6 Å². The van der Waals surface area contributed by atoms with Gasteiger partial charge in [0.15, 0.2) is 12.0 Å². The lowest BCUT2D eigenvalue weighted by molar-refractivity contribution is -0.236. The number of esters is 1. The molecule has 0 spiro atoms. The first-order valence-electron chi connectivity index (χ1n) is 14.6. The van der Waals surface area contributed by atoms with Gasteiger partial charge in [-0.2, -0.15) is 4.76 Å². The summed E-state index contributed by atoms with van der Waals surface area (Å²) in [7, 11) is 0. The van der Waals surface area contributed by atoms with Gasteiger partial charge in [-0.05, 0) is 50.8 Å². The minimum Gasteiger partial charge on any atom is -0.458 e. The van der Waals surface area contributed by atoms with Crippen molar-refractivity contribution in [3.8, 4) is 5.75 Å². The van der Waals surface area contributed by atoms with E-state index in [-0.39, 0.29) is 23.0 Å². The van der Waals surface area contributed by atoms with Gasteiger partial charge in [-0.1, -0.05) is 32.4 Å². The van der Waals surface area contributed by atoms with Crippen molar-refractivity contribution in [3.05, 3.63) is 41.3 Å². The summed E-state index contributed by atoms with van der Waals surface area (Å²) in [4.78, 5) is 28.7. The van der Waals surface area contributed by atoms with Crippen molar-refractivity contribution < 1.29 is 45.7 Å². The van der Waals surface area contributed by atoms with E-state index < -0.39 is 68.1 Å². The van der Waals surface area contributed by atoms with E-state index in [1.54, 1.807) is 26.0 Å². The quantitative estimate of drug-likeness (QED) is 0.112. The van der Waals surface area contributed by atoms with Crippen LogP contribution in [-0.2, 0) is 43.4 Å². The second kappa shape index (κ2) is 13.9. The number of imidazole rings is 1. The number of rotatable bonds is 13. The van der Waals surface area contributed by atoms with Crippen LogP contribution in [0.1, 0.15) is 75.3 Å². The first-order valence-corrected chi connectivity index (χ1v) is 17.2. The fraction of sp³-hybridized carbons (Fsp3) is 0.571.